The van der Waals surface area contributed by atoms with E-state index in [4.69, 9.17) is 10.5 Å². The van der Waals surface area contributed by atoms with Crippen molar-refractivity contribution in [3.8, 4) is 11.6 Å². The molecule has 0 aliphatic carbocycles. The topological polar surface area (TPSA) is 92.1 Å². The molecule has 0 bridgehead atoms. The standard InChI is InChI=1S/C22H24F2N6O/c1-3-4-16(30-9-7-26-8-10-30)20(25)21-19(24)22(28-12-27-21)31-17-6-5-15-14(18(17)23)11-13(2)29-15/h3-6,11-12,20,26,29H,1,7-10,25H2,2H3/b16-4+. The van der Waals surface area contributed by atoms with Gasteiger partial charge in [0.15, 0.2) is 11.6 Å². The van der Waals surface area contributed by atoms with Gasteiger partial charge in [0.25, 0.3) is 5.88 Å². The Kier molecular flexibility index (Phi) is 5.97. The highest BCUT2D eigenvalue weighted by Crippen LogP contribution is 2.33. The van der Waals surface area contributed by atoms with Gasteiger partial charge in [-0.05, 0) is 31.2 Å². The van der Waals surface area contributed by atoms with Gasteiger partial charge in [-0.25, -0.2) is 9.37 Å². The van der Waals surface area contributed by atoms with Gasteiger partial charge in [-0.15, -0.1) is 0 Å². The zero-order chi connectivity index (χ0) is 22.0. The zero-order valence-electron chi connectivity index (χ0n) is 17.2. The van der Waals surface area contributed by atoms with Crippen molar-refractivity contribution in [3.63, 3.8) is 0 Å². The molecular formula is C22H24F2N6O. The van der Waals surface area contributed by atoms with Crippen LogP contribution >= 0.6 is 0 Å². The summed E-state index contributed by atoms with van der Waals surface area (Å²) in [7, 11) is 0. The van der Waals surface area contributed by atoms with Crippen LogP contribution in [0.2, 0.25) is 0 Å². The number of ether oxygens (including phenoxy) is 1. The van der Waals surface area contributed by atoms with Gasteiger partial charge in [0.05, 0.1) is 6.04 Å². The highest BCUT2D eigenvalue weighted by atomic mass is 19.1. The third kappa shape index (κ3) is 4.14. The average Bonchev–Trinajstić information content (AvgIpc) is 3.17. The molecule has 4 rings (SSSR count). The monoisotopic (exact) mass is 426 g/mol. The number of H-pyrrole nitrogens is 1. The molecule has 0 spiro atoms. The summed E-state index contributed by atoms with van der Waals surface area (Å²) < 4.78 is 35.6. The number of hydrogen-bond donors (Lipinski definition) is 3. The summed E-state index contributed by atoms with van der Waals surface area (Å²) in [4.78, 5) is 13.0. The highest BCUT2D eigenvalue weighted by molar-refractivity contribution is 5.82. The first-order valence-electron chi connectivity index (χ1n) is 9.99. The smallest absolute Gasteiger partial charge is 0.259 e. The first-order valence-corrected chi connectivity index (χ1v) is 9.99. The second-order valence-electron chi connectivity index (χ2n) is 7.31. The molecule has 1 aliphatic rings. The molecule has 0 saturated carbocycles. The fourth-order valence-electron chi connectivity index (χ4n) is 3.72. The van der Waals surface area contributed by atoms with Crippen molar-refractivity contribution in [2.75, 3.05) is 26.2 Å². The molecule has 31 heavy (non-hydrogen) atoms. The van der Waals surface area contributed by atoms with Crippen molar-refractivity contribution < 1.29 is 13.5 Å². The average molecular weight is 426 g/mol. The van der Waals surface area contributed by atoms with E-state index in [9.17, 15) is 4.39 Å². The number of aromatic nitrogens is 3. The lowest BCUT2D eigenvalue weighted by Gasteiger charge is -2.34. The predicted octanol–water partition coefficient (Wildman–Crippen LogP) is 3.31. The number of nitrogens with zero attached hydrogens (tertiary/aromatic N) is 3. The Morgan fingerprint density at radius 1 is 1.26 bits per heavy atom. The second kappa shape index (κ2) is 8.83. The Morgan fingerprint density at radius 2 is 2.03 bits per heavy atom. The van der Waals surface area contributed by atoms with E-state index in [1.807, 2.05) is 6.92 Å². The van der Waals surface area contributed by atoms with Gasteiger partial charge in [-0.3, -0.25) is 0 Å². The number of aromatic amines is 1. The first kappa shape index (κ1) is 21.0. The number of nitrogens with one attached hydrogen (secondary N) is 2. The molecule has 9 heteroatoms. The van der Waals surface area contributed by atoms with Crippen molar-refractivity contribution in [1.29, 1.82) is 0 Å². The maximum absolute atomic E-state index is 15.3. The van der Waals surface area contributed by atoms with E-state index >= 15 is 4.39 Å². The minimum atomic E-state index is -0.860. The summed E-state index contributed by atoms with van der Waals surface area (Å²) in [5.74, 6) is -1.94. The van der Waals surface area contributed by atoms with Crippen LogP contribution in [0, 0.1) is 18.6 Å². The number of nitrogens with two attached hydrogens (primary N) is 1. The van der Waals surface area contributed by atoms with Crippen LogP contribution in [0.1, 0.15) is 17.4 Å². The molecule has 1 unspecified atom stereocenters. The van der Waals surface area contributed by atoms with Crippen LogP contribution in [-0.4, -0.2) is 46.0 Å². The van der Waals surface area contributed by atoms with Crippen LogP contribution in [0.15, 0.2) is 49.0 Å². The molecule has 0 amide bonds. The predicted molar refractivity (Wildman–Crippen MR) is 115 cm³/mol. The van der Waals surface area contributed by atoms with E-state index in [0.717, 1.165) is 38.2 Å². The quantitative estimate of drug-likeness (QED) is 0.524. The molecule has 162 valence electrons. The number of benzene rings is 1. The summed E-state index contributed by atoms with van der Waals surface area (Å²) >= 11 is 0. The van der Waals surface area contributed by atoms with E-state index in [0.29, 0.717) is 16.6 Å². The molecule has 1 aliphatic heterocycles. The van der Waals surface area contributed by atoms with E-state index in [-0.39, 0.29) is 17.3 Å². The molecule has 1 saturated heterocycles. The van der Waals surface area contributed by atoms with Crippen LogP contribution in [0.3, 0.4) is 0 Å². The van der Waals surface area contributed by atoms with Crippen LogP contribution in [0.5, 0.6) is 11.6 Å². The fraction of sp³-hybridized carbons (Fsp3) is 0.273. The van der Waals surface area contributed by atoms with Crippen LogP contribution in [-0.2, 0) is 0 Å². The van der Waals surface area contributed by atoms with Gasteiger partial charge >= 0.3 is 0 Å². The normalized spacial score (nSPS) is 15.9. The molecule has 3 heterocycles. The van der Waals surface area contributed by atoms with Gasteiger partial charge in [0.2, 0.25) is 5.82 Å². The van der Waals surface area contributed by atoms with Crippen molar-refractivity contribution >= 4 is 10.9 Å². The minimum absolute atomic E-state index is 0.0318. The van der Waals surface area contributed by atoms with E-state index < -0.39 is 17.7 Å². The molecule has 0 radical (unpaired) electrons. The molecule has 7 nitrogen and oxygen atoms in total. The lowest BCUT2D eigenvalue weighted by Crippen LogP contribution is -2.45. The van der Waals surface area contributed by atoms with Crippen molar-refractivity contribution in [3.05, 3.63) is 72.0 Å². The molecule has 1 atom stereocenters. The number of piperazine rings is 1. The van der Waals surface area contributed by atoms with Crippen LogP contribution < -0.4 is 15.8 Å². The van der Waals surface area contributed by atoms with Gasteiger partial charge in [-0.1, -0.05) is 12.7 Å². The largest absolute Gasteiger partial charge is 0.433 e. The van der Waals surface area contributed by atoms with Gasteiger partial charge < -0.3 is 25.7 Å². The van der Waals surface area contributed by atoms with Crippen LogP contribution in [0.4, 0.5) is 8.78 Å². The third-order valence-corrected chi connectivity index (χ3v) is 5.21. The molecular weight excluding hydrogens is 402 g/mol. The highest BCUT2D eigenvalue weighted by Gasteiger charge is 2.26. The van der Waals surface area contributed by atoms with Crippen molar-refractivity contribution in [2.45, 2.75) is 13.0 Å². The summed E-state index contributed by atoms with van der Waals surface area (Å²) in [6.45, 7) is 8.60. The fourth-order valence-corrected chi connectivity index (χ4v) is 3.72. The minimum Gasteiger partial charge on any atom is -0.433 e. The molecule has 1 aromatic carbocycles. The van der Waals surface area contributed by atoms with Crippen molar-refractivity contribution in [2.24, 2.45) is 5.73 Å². The molecule has 2 aromatic heterocycles. The third-order valence-electron chi connectivity index (χ3n) is 5.21. The van der Waals surface area contributed by atoms with E-state index in [1.54, 1.807) is 24.3 Å². The van der Waals surface area contributed by atoms with Gasteiger partial charge in [0, 0.05) is 48.5 Å². The Balaban J connectivity index is 1.65. The Labute approximate surface area is 178 Å². The number of allylic oxidation sites excluding steroid dienone is 2. The number of rotatable bonds is 6. The lowest BCUT2D eigenvalue weighted by molar-refractivity contribution is 0.280. The molecule has 3 aromatic rings. The number of hydrogen-bond acceptors (Lipinski definition) is 6. The summed E-state index contributed by atoms with van der Waals surface area (Å²) in [5, 5.41) is 3.62. The summed E-state index contributed by atoms with van der Waals surface area (Å²) in [5.41, 5.74) is 8.48. The van der Waals surface area contributed by atoms with Gasteiger partial charge in [0.1, 0.15) is 12.0 Å². The summed E-state index contributed by atoms with van der Waals surface area (Å²) in [6.07, 6.45) is 4.52. The SMILES string of the molecule is C=C/C=C(\C(N)c1ncnc(Oc2ccc3[nH]c(C)cc3c2F)c1F)N1CCNCC1. The number of aryl methyl sites for hydroxylation is 1. The molecule has 1 fully saturated rings. The Bertz CT molecular complexity index is 1140. The van der Waals surface area contributed by atoms with Crippen molar-refractivity contribution in [1.82, 2.24) is 25.2 Å². The zero-order valence-corrected chi connectivity index (χ0v) is 17.2. The lowest BCUT2D eigenvalue weighted by atomic mass is 10.1. The number of fused-ring (bicyclic) bond motifs is 1. The Hall–Kier alpha value is -3.30. The Morgan fingerprint density at radius 3 is 2.77 bits per heavy atom. The second-order valence-corrected chi connectivity index (χ2v) is 7.31. The van der Waals surface area contributed by atoms with E-state index in [2.05, 4.69) is 31.7 Å². The van der Waals surface area contributed by atoms with Gasteiger partial charge in [-0.2, -0.15) is 9.37 Å². The molecule has 4 N–H and O–H groups in total. The maximum atomic E-state index is 15.3. The number of halogens is 2. The first-order chi connectivity index (χ1) is 15.0. The van der Waals surface area contributed by atoms with E-state index in [1.165, 1.54) is 6.07 Å². The summed E-state index contributed by atoms with van der Waals surface area (Å²) in [6, 6.07) is 3.90. The maximum Gasteiger partial charge on any atom is 0.259 e. The van der Waals surface area contributed by atoms with Crippen LogP contribution in [0.25, 0.3) is 10.9 Å².